The van der Waals surface area contributed by atoms with Crippen LogP contribution in [0.1, 0.15) is 0 Å². The van der Waals surface area contributed by atoms with Gasteiger partial charge in [-0.25, -0.2) is 0 Å². The Balaban J connectivity index is 2.10. The Kier molecular flexibility index (Phi) is 5.77. The van der Waals surface area contributed by atoms with Crippen LogP contribution in [0.3, 0.4) is 0 Å². The van der Waals surface area contributed by atoms with E-state index in [1.807, 2.05) is 0 Å². The van der Waals surface area contributed by atoms with Crippen LogP contribution in [-0.4, -0.2) is 47.8 Å². The molecule has 0 radical (unpaired) electrons. The lowest BCUT2D eigenvalue weighted by molar-refractivity contribution is -0.122. The molecule has 1 atom stereocenters. The number of nitrogens with one attached hydrogen (secondary N) is 2. The van der Waals surface area contributed by atoms with Crippen LogP contribution in [0.25, 0.3) is 0 Å². The van der Waals surface area contributed by atoms with Crippen molar-refractivity contribution in [2.75, 3.05) is 30.3 Å². The molecule has 1 fully saturated rings. The number of halogens is 3. The predicted molar refractivity (Wildman–Crippen MR) is 60.6 cm³/mol. The second-order valence-electron chi connectivity index (χ2n) is 3.17. The molecule has 1 amide bonds. The fraction of sp³-hybridized carbons (Fsp3) is 0.875. The first-order valence-corrected chi connectivity index (χ1v) is 6.92. The van der Waals surface area contributed by atoms with Crippen LogP contribution in [0.2, 0.25) is 0 Å². The van der Waals surface area contributed by atoms with Crippen molar-refractivity contribution in [1.82, 2.24) is 10.6 Å². The van der Waals surface area contributed by atoms with E-state index in [2.05, 4.69) is 10.6 Å². The minimum Gasteiger partial charge on any atom is -0.354 e. The third-order valence-corrected chi connectivity index (χ3v) is 3.70. The Morgan fingerprint density at radius 3 is 2.88 bits per heavy atom. The van der Waals surface area contributed by atoms with Crippen molar-refractivity contribution in [3.8, 4) is 0 Å². The van der Waals surface area contributed by atoms with E-state index in [4.69, 9.17) is 0 Å². The van der Waals surface area contributed by atoms with Crippen LogP contribution in [0.4, 0.5) is 13.2 Å². The molecule has 1 unspecified atom stereocenters. The number of carbonyl (C=O) groups is 1. The molecular formula is C8H13F3N2OS2. The molecule has 1 aliphatic heterocycles. The zero-order valence-electron chi connectivity index (χ0n) is 8.47. The lowest BCUT2D eigenvalue weighted by Gasteiger charge is -2.22. The fourth-order valence-electron chi connectivity index (χ4n) is 1.20. The Labute approximate surface area is 100 Å². The van der Waals surface area contributed by atoms with Crippen molar-refractivity contribution in [3.05, 3.63) is 0 Å². The average Bonchev–Trinajstić information content (AvgIpc) is 2.24. The van der Waals surface area contributed by atoms with Crippen LogP contribution >= 0.6 is 23.5 Å². The number of hydrogen-bond donors (Lipinski definition) is 2. The second-order valence-corrected chi connectivity index (χ2v) is 5.48. The quantitative estimate of drug-likeness (QED) is 0.752. The minimum atomic E-state index is -4.22. The first kappa shape index (κ1) is 14.0. The molecule has 0 saturated carbocycles. The molecule has 0 bridgehead atoms. The van der Waals surface area contributed by atoms with E-state index in [0.29, 0.717) is 5.75 Å². The van der Waals surface area contributed by atoms with Crippen molar-refractivity contribution in [2.45, 2.75) is 11.6 Å². The van der Waals surface area contributed by atoms with E-state index in [9.17, 15) is 18.0 Å². The maximum atomic E-state index is 11.8. The van der Waals surface area contributed by atoms with Gasteiger partial charge in [-0.1, -0.05) is 0 Å². The van der Waals surface area contributed by atoms with Gasteiger partial charge in [0.15, 0.2) is 0 Å². The van der Waals surface area contributed by atoms with Gasteiger partial charge in [-0.15, -0.1) is 0 Å². The van der Waals surface area contributed by atoms with Gasteiger partial charge in [0.1, 0.15) is 0 Å². The van der Waals surface area contributed by atoms with E-state index in [1.165, 1.54) is 0 Å². The molecule has 0 aromatic carbocycles. The highest BCUT2D eigenvalue weighted by Gasteiger charge is 2.27. The number of rotatable bonds is 4. The standard InChI is InChI=1S/C8H13F3N2OS2/c9-8(10,11)16-4-2-13-7(14)6-5-15-3-1-12-6/h6,12H,1-5H2,(H,13,14). The van der Waals surface area contributed by atoms with Gasteiger partial charge in [-0.05, 0) is 11.8 Å². The summed E-state index contributed by atoms with van der Waals surface area (Å²) in [4.78, 5) is 11.4. The summed E-state index contributed by atoms with van der Waals surface area (Å²) in [6.45, 7) is 0.811. The second kappa shape index (κ2) is 6.61. The molecule has 94 valence electrons. The van der Waals surface area contributed by atoms with Crippen LogP contribution in [0.15, 0.2) is 0 Å². The highest BCUT2D eigenvalue weighted by molar-refractivity contribution is 8.00. The van der Waals surface area contributed by atoms with E-state index in [1.54, 1.807) is 11.8 Å². The highest BCUT2D eigenvalue weighted by Crippen LogP contribution is 2.29. The molecule has 1 saturated heterocycles. The maximum absolute atomic E-state index is 11.8. The number of thioether (sulfide) groups is 2. The van der Waals surface area contributed by atoms with Crippen LogP contribution < -0.4 is 10.6 Å². The third kappa shape index (κ3) is 5.86. The Morgan fingerprint density at radius 1 is 1.56 bits per heavy atom. The highest BCUT2D eigenvalue weighted by atomic mass is 32.2. The molecule has 0 spiro atoms. The van der Waals surface area contributed by atoms with Crippen LogP contribution in [0, 0.1) is 0 Å². The van der Waals surface area contributed by atoms with E-state index >= 15 is 0 Å². The Bertz CT molecular complexity index is 232. The number of alkyl halides is 3. The normalized spacial score (nSPS) is 21.8. The summed E-state index contributed by atoms with van der Waals surface area (Å²) in [5.74, 6) is 1.29. The molecule has 3 nitrogen and oxygen atoms in total. The molecule has 0 aromatic rings. The van der Waals surface area contributed by atoms with Gasteiger partial charge < -0.3 is 10.6 Å². The maximum Gasteiger partial charge on any atom is 0.441 e. The minimum absolute atomic E-state index is 0.0475. The predicted octanol–water partition coefficient (Wildman–Crippen LogP) is 1.06. The largest absolute Gasteiger partial charge is 0.441 e. The van der Waals surface area contributed by atoms with Gasteiger partial charge in [0.2, 0.25) is 5.91 Å². The molecule has 0 aromatic heterocycles. The van der Waals surface area contributed by atoms with Crippen molar-refractivity contribution in [1.29, 1.82) is 0 Å². The zero-order chi connectivity index (χ0) is 12.0. The van der Waals surface area contributed by atoms with E-state index in [-0.39, 0.29) is 36.0 Å². The molecule has 1 aliphatic rings. The van der Waals surface area contributed by atoms with Gasteiger partial charge >= 0.3 is 5.51 Å². The number of hydrogen-bond acceptors (Lipinski definition) is 4. The monoisotopic (exact) mass is 274 g/mol. The summed E-state index contributed by atoms with van der Waals surface area (Å²) in [6.07, 6.45) is 0. The summed E-state index contributed by atoms with van der Waals surface area (Å²) in [6, 6.07) is -0.269. The molecule has 8 heteroatoms. The first-order chi connectivity index (χ1) is 7.49. The molecule has 1 heterocycles. The Morgan fingerprint density at radius 2 is 2.31 bits per heavy atom. The lowest BCUT2D eigenvalue weighted by Crippen LogP contribution is -2.49. The number of carbonyl (C=O) groups excluding carboxylic acids is 1. The van der Waals surface area contributed by atoms with Crippen molar-refractivity contribution in [2.24, 2.45) is 0 Å². The van der Waals surface area contributed by atoms with Gasteiger partial charge in [0, 0.05) is 30.3 Å². The van der Waals surface area contributed by atoms with Gasteiger partial charge in [-0.3, -0.25) is 4.79 Å². The fourth-order valence-corrected chi connectivity index (χ4v) is 2.57. The van der Waals surface area contributed by atoms with Crippen molar-refractivity contribution < 1.29 is 18.0 Å². The molecular weight excluding hydrogens is 261 g/mol. The average molecular weight is 274 g/mol. The summed E-state index contributed by atoms with van der Waals surface area (Å²) >= 11 is 1.55. The van der Waals surface area contributed by atoms with Gasteiger partial charge in [0.05, 0.1) is 6.04 Å². The number of amides is 1. The Hall–Kier alpha value is -0.0800. The lowest BCUT2D eigenvalue weighted by atomic mass is 10.3. The van der Waals surface area contributed by atoms with Crippen LogP contribution in [-0.2, 0) is 4.79 Å². The third-order valence-electron chi connectivity index (χ3n) is 1.91. The smallest absolute Gasteiger partial charge is 0.354 e. The molecule has 16 heavy (non-hydrogen) atoms. The molecule has 1 rings (SSSR count). The molecule has 2 N–H and O–H groups in total. The SMILES string of the molecule is O=C(NCCSC(F)(F)F)C1CSCCN1. The molecule has 0 aliphatic carbocycles. The van der Waals surface area contributed by atoms with Gasteiger partial charge in [-0.2, -0.15) is 24.9 Å². The van der Waals surface area contributed by atoms with Crippen LogP contribution in [0.5, 0.6) is 0 Å². The zero-order valence-corrected chi connectivity index (χ0v) is 10.1. The topological polar surface area (TPSA) is 41.1 Å². The van der Waals surface area contributed by atoms with Crippen molar-refractivity contribution >= 4 is 29.4 Å². The van der Waals surface area contributed by atoms with Gasteiger partial charge in [0.25, 0.3) is 0 Å². The van der Waals surface area contributed by atoms with E-state index < -0.39 is 5.51 Å². The summed E-state index contributed by atoms with van der Waals surface area (Å²) in [5, 5.41) is 5.50. The summed E-state index contributed by atoms with van der Waals surface area (Å²) in [5.41, 5.74) is -4.22. The summed E-state index contributed by atoms with van der Waals surface area (Å²) in [7, 11) is 0. The first-order valence-electron chi connectivity index (χ1n) is 4.78. The van der Waals surface area contributed by atoms with Crippen molar-refractivity contribution in [3.63, 3.8) is 0 Å². The summed E-state index contributed by atoms with van der Waals surface area (Å²) < 4.78 is 35.3. The van der Waals surface area contributed by atoms with E-state index in [0.717, 1.165) is 12.3 Å².